The van der Waals surface area contributed by atoms with Crippen LogP contribution in [0.15, 0.2) is 34.1 Å². The van der Waals surface area contributed by atoms with Gasteiger partial charge in [-0.1, -0.05) is 6.07 Å². The van der Waals surface area contributed by atoms with E-state index in [1.54, 1.807) is 43.1 Å². The summed E-state index contributed by atoms with van der Waals surface area (Å²) in [5.74, 6) is 0.467. The summed E-state index contributed by atoms with van der Waals surface area (Å²) in [5.41, 5.74) is 3.15. The summed E-state index contributed by atoms with van der Waals surface area (Å²) in [6.07, 6.45) is 0.712. The molecule has 2 aliphatic heterocycles. The Bertz CT molecular complexity index is 1310. The van der Waals surface area contributed by atoms with Gasteiger partial charge in [-0.25, -0.2) is 9.78 Å². The maximum Gasteiger partial charge on any atom is 0.325 e. The monoisotopic (exact) mass is 464 g/mol. The van der Waals surface area contributed by atoms with Crippen LogP contribution in [0, 0.1) is 20.8 Å². The Morgan fingerprint density at radius 3 is 2.70 bits per heavy atom. The number of nitrogens with zero attached hydrogens (tertiary/aromatic N) is 3. The first kappa shape index (κ1) is 21.4. The van der Waals surface area contributed by atoms with Gasteiger partial charge < -0.3 is 14.6 Å². The Morgan fingerprint density at radius 2 is 2.03 bits per heavy atom. The van der Waals surface area contributed by atoms with E-state index in [-0.39, 0.29) is 12.5 Å². The number of benzene rings is 1. The first-order chi connectivity index (χ1) is 15.7. The van der Waals surface area contributed by atoms with Gasteiger partial charge in [0, 0.05) is 28.7 Å². The number of fused-ring (bicyclic) bond motifs is 1. The molecule has 0 radical (unpaired) electrons. The van der Waals surface area contributed by atoms with Crippen LogP contribution in [0.4, 0.5) is 10.5 Å². The van der Waals surface area contributed by atoms with Gasteiger partial charge in [0.1, 0.15) is 23.6 Å². The summed E-state index contributed by atoms with van der Waals surface area (Å²) in [6, 6.07) is 7.09. The second kappa shape index (κ2) is 7.55. The van der Waals surface area contributed by atoms with Crippen LogP contribution in [0.3, 0.4) is 0 Å². The number of rotatable bonds is 4. The van der Waals surface area contributed by atoms with Crippen molar-refractivity contribution in [2.24, 2.45) is 0 Å². The second-order valence-corrected chi connectivity index (χ2v) is 9.73. The Morgan fingerprint density at radius 1 is 1.24 bits per heavy atom. The van der Waals surface area contributed by atoms with Crippen molar-refractivity contribution >= 4 is 34.9 Å². The molecule has 9 heteroatoms. The molecule has 1 unspecified atom stereocenters. The molecule has 33 heavy (non-hydrogen) atoms. The van der Waals surface area contributed by atoms with Crippen molar-refractivity contribution in [3.8, 4) is 11.3 Å². The molecule has 1 fully saturated rings. The van der Waals surface area contributed by atoms with Crippen LogP contribution in [-0.2, 0) is 21.5 Å². The molecule has 4 amide bonds. The van der Waals surface area contributed by atoms with Crippen molar-refractivity contribution in [2.75, 3.05) is 18.0 Å². The molecule has 8 nitrogen and oxygen atoms in total. The minimum Gasteiger partial charge on any atom is -0.466 e. The van der Waals surface area contributed by atoms with Crippen molar-refractivity contribution in [3.05, 3.63) is 57.3 Å². The molecule has 170 valence electrons. The largest absolute Gasteiger partial charge is 0.466 e. The SMILES string of the molecule is Cc1cc(C2(C)NC(=O)N(CC(=O)N3CCc4cc(-c5csc(C)n5)ccc43)C2=O)c(C)o1. The van der Waals surface area contributed by atoms with Crippen LogP contribution < -0.4 is 10.2 Å². The highest BCUT2D eigenvalue weighted by molar-refractivity contribution is 7.09. The number of hydrogen-bond acceptors (Lipinski definition) is 6. The van der Waals surface area contributed by atoms with Crippen molar-refractivity contribution in [2.45, 2.75) is 39.7 Å². The lowest BCUT2D eigenvalue weighted by molar-refractivity contribution is -0.134. The van der Waals surface area contributed by atoms with E-state index >= 15 is 0 Å². The molecule has 2 aromatic heterocycles. The normalized spacial score (nSPS) is 19.9. The molecule has 1 aromatic carbocycles. The Hall–Kier alpha value is -3.46. The topological polar surface area (TPSA) is 95.8 Å². The van der Waals surface area contributed by atoms with Gasteiger partial charge in [0.05, 0.1) is 10.7 Å². The van der Waals surface area contributed by atoms with Gasteiger partial charge in [0.2, 0.25) is 5.91 Å². The van der Waals surface area contributed by atoms with Crippen LogP contribution in [0.5, 0.6) is 0 Å². The summed E-state index contributed by atoms with van der Waals surface area (Å²) in [7, 11) is 0. The maximum atomic E-state index is 13.2. The molecule has 0 bridgehead atoms. The van der Waals surface area contributed by atoms with E-state index in [2.05, 4.69) is 16.4 Å². The zero-order chi connectivity index (χ0) is 23.5. The number of imide groups is 1. The van der Waals surface area contributed by atoms with Gasteiger partial charge in [-0.2, -0.15) is 0 Å². The fraction of sp³-hybridized carbons (Fsp3) is 0.333. The number of anilines is 1. The average molecular weight is 465 g/mol. The molecular formula is C24H24N4O4S. The van der Waals surface area contributed by atoms with E-state index in [1.165, 1.54) is 0 Å². The lowest BCUT2D eigenvalue weighted by Crippen LogP contribution is -2.44. The lowest BCUT2D eigenvalue weighted by atomic mass is 9.92. The van der Waals surface area contributed by atoms with Gasteiger partial charge >= 0.3 is 6.03 Å². The minimum absolute atomic E-state index is 0.293. The number of urea groups is 1. The Labute approximate surface area is 195 Å². The minimum atomic E-state index is -1.26. The van der Waals surface area contributed by atoms with Gasteiger partial charge in [-0.3, -0.25) is 14.5 Å². The standard InChI is InChI=1S/C24H24N4O4S/c1-13-9-18(14(2)32-13)24(4)22(30)28(23(31)26-24)11-21(29)27-8-7-17-10-16(5-6-20(17)27)19-12-33-15(3)25-19/h5-6,9-10,12H,7-8,11H2,1-4H3,(H,26,31). The van der Waals surface area contributed by atoms with E-state index in [4.69, 9.17) is 4.42 Å². The Balaban J connectivity index is 1.35. The molecule has 0 spiro atoms. The number of carbonyl (C=O) groups excluding carboxylic acids is 3. The number of furan rings is 1. The number of hydrogen-bond donors (Lipinski definition) is 1. The fourth-order valence-corrected chi connectivity index (χ4v) is 5.31. The predicted octanol–water partition coefficient (Wildman–Crippen LogP) is 3.68. The van der Waals surface area contributed by atoms with Crippen LogP contribution in [0.2, 0.25) is 0 Å². The number of nitrogens with one attached hydrogen (secondary N) is 1. The third-order valence-corrected chi connectivity index (χ3v) is 7.11. The zero-order valence-corrected chi connectivity index (χ0v) is 19.7. The van der Waals surface area contributed by atoms with E-state index in [9.17, 15) is 14.4 Å². The summed E-state index contributed by atoms with van der Waals surface area (Å²) in [6.45, 7) is 7.34. The maximum absolute atomic E-state index is 13.2. The zero-order valence-electron chi connectivity index (χ0n) is 18.9. The van der Waals surface area contributed by atoms with Crippen LogP contribution in [0.25, 0.3) is 11.3 Å². The summed E-state index contributed by atoms with van der Waals surface area (Å²) < 4.78 is 5.55. The van der Waals surface area contributed by atoms with E-state index < -0.39 is 17.5 Å². The van der Waals surface area contributed by atoms with Crippen molar-refractivity contribution in [1.82, 2.24) is 15.2 Å². The van der Waals surface area contributed by atoms with Gasteiger partial charge in [-0.15, -0.1) is 11.3 Å². The Kier molecular flexibility index (Phi) is 4.89. The molecule has 2 aliphatic rings. The highest BCUT2D eigenvalue weighted by Crippen LogP contribution is 2.35. The molecule has 3 aromatic rings. The molecule has 0 saturated carbocycles. The van der Waals surface area contributed by atoms with Crippen molar-refractivity contribution in [1.29, 1.82) is 0 Å². The molecule has 1 saturated heterocycles. The quantitative estimate of drug-likeness (QED) is 0.594. The number of thiazole rings is 1. The molecule has 0 aliphatic carbocycles. The lowest BCUT2D eigenvalue weighted by Gasteiger charge is -2.23. The fourth-order valence-electron chi connectivity index (χ4n) is 4.69. The van der Waals surface area contributed by atoms with Crippen LogP contribution >= 0.6 is 11.3 Å². The van der Waals surface area contributed by atoms with Gasteiger partial charge in [-0.05, 0) is 57.9 Å². The third kappa shape index (κ3) is 3.43. The highest BCUT2D eigenvalue weighted by atomic mass is 32.1. The van der Waals surface area contributed by atoms with Gasteiger partial charge in [0.25, 0.3) is 5.91 Å². The molecule has 1 N–H and O–H groups in total. The molecule has 1 atom stereocenters. The van der Waals surface area contributed by atoms with E-state index in [1.807, 2.05) is 24.4 Å². The highest BCUT2D eigenvalue weighted by Gasteiger charge is 2.51. The predicted molar refractivity (Wildman–Crippen MR) is 124 cm³/mol. The number of amides is 4. The summed E-state index contributed by atoms with van der Waals surface area (Å²) in [4.78, 5) is 46.2. The van der Waals surface area contributed by atoms with Crippen molar-refractivity contribution < 1.29 is 18.8 Å². The smallest absolute Gasteiger partial charge is 0.325 e. The van der Waals surface area contributed by atoms with E-state index in [0.717, 1.165) is 32.4 Å². The molecular weight excluding hydrogens is 440 g/mol. The molecule has 5 rings (SSSR count). The van der Waals surface area contributed by atoms with Crippen LogP contribution in [-0.4, -0.2) is 40.8 Å². The number of aromatic nitrogens is 1. The first-order valence-electron chi connectivity index (χ1n) is 10.7. The third-order valence-electron chi connectivity index (χ3n) is 6.34. The van der Waals surface area contributed by atoms with Gasteiger partial charge in [0.15, 0.2) is 0 Å². The van der Waals surface area contributed by atoms with Crippen molar-refractivity contribution in [3.63, 3.8) is 0 Å². The summed E-state index contributed by atoms with van der Waals surface area (Å²) >= 11 is 1.60. The molecule has 4 heterocycles. The van der Waals surface area contributed by atoms with E-state index in [0.29, 0.717) is 30.0 Å². The second-order valence-electron chi connectivity index (χ2n) is 8.66. The average Bonchev–Trinajstić information content (AvgIpc) is 3.51. The summed E-state index contributed by atoms with van der Waals surface area (Å²) in [5, 5.41) is 5.77. The van der Waals surface area contributed by atoms with Crippen LogP contribution in [0.1, 0.15) is 34.6 Å². The number of carbonyl (C=O) groups is 3. The first-order valence-corrected chi connectivity index (χ1v) is 11.6. The number of aryl methyl sites for hydroxylation is 3.